The van der Waals surface area contributed by atoms with Gasteiger partial charge in [-0.2, -0.15) is 5.26 Å². The molecule has 1 aromatic heterocycles. The van der Waals surface area contributed by atoms with E-state index in [1.165, 1.54) is 5.56 Å². The number of rotatable bonds is 4. The normalized spacial score (nSPS) is 23.7. The van der Waals surface area contributed by atoms with Gasteiger partial charge in [-0.05, 0) is 56.0 Å². The van der Waals surface area contributed by atoms with Crippen LogP contribution in [0.25, 0.3) is 0 Å². The topological polar surface area (TPSA) is 52.4 Å². The number of nitriles is 1. The van der Waals surface area contributed by atoms with E-state index in [2.05, 4.69) is 39.9 Å². The summed E-state index contributed by atoms with van der Waals surface area (Å²) in [5.41, 5.74) is 1.97. The molecule has 2 saturated heterocycles. The minimum Gasteiger partial charge on any atom is -0.376 e. The molecule has 0 unspecified atom stereocenters. The van der Waals surface area contributed by atoms with Crippen LogP contribution in [0.1, 0.15) is 30.9 Å². The molecule has 6 heteroatoms. The van der Waals surface area contributed by atoms with Gasteiger partial charge in [0.05, 0.1) is 24.3 Å². The first-order valence-corrected chi connectivity index (χ1v) is 10.7. The second-order valence-electron chi connectivity index (χ2n) is 8.06. The van der Waals surface area contributed by atoms with Gasteiger partial charge in [-0.1, -0.05) is 23.7 Å². The van der Waals surface area contributed by atoms with E-state index < -0.39 is 0 Å². The smallest absolute Gasteiger partial charge is 0.129 e. The Kier molecular flexibility index (Phi) is 6.34. The summed E-state index contributed by atoms with van der Waals surface area (Å²) in [5.74, 6) is 0.913. The van der Waals surface area contributed by atoms with Crippen molar-refractivity contribution in [2.24, 2.45) is 0 Å². The van der Waals surface area contributed by atoms with Gasteiger partial charge in [-0.3, -0.25) is 4.90 Å². The number of benzene rings is 1. The third kappa shape index (κ3) is 4.90. The van der Waals surface area contributed by atoms with Crippen LogP contribution < -0.4 is 4.90 Å². The number of halogens is 1. The van der Waals surface area contributed by atoms with Crippen molar-refractivity contribution in [3.05, 3.63) is 58.7 Å². The zero-order chi connectivity index (χ0) is 20.2. The third-order valence-electron chi connectivity index (χ3n) is 6.03. The van der Waals surface area contributed by atoms with E-state index in [1.54, 1.807) is 12.3 Å². The zero-order valence-electron chi connectivity index (χ0n) is 16.8. The summed E-state index contributed by atoms with van der Waals surface area (Å²) in [7, 11) is 0. The molecule has 2 fully saturated rings. The summed E-state index contributed by atoms with van der Waals surface area (Å²) >= 11 is 6.04. The van der Waals surface area contributed by atoms with Gasteiger partial charge in [-0.15, -0.1) is 0 Å². The van der Waals surface area contributed by atoms with Crippen LogP contribution in [-0.2, 0) is 11.2 Å². The maximum Gasteiger partial charge on any atom is 0.129 e. The zero-order valence-corrected chi connectivity index (χ0v) is 17.6. The molecule has 5 nitrogen and oxygen atoms in total. The van der Waals surface area contributed by atoms with Gasteiger partial charge in [0.1, 0.15) is 5.82 Å². The molecule has 29 heavy (non-hydrogen) atoms. The molecule has 0 spiro atoms. The van der Waals surface area contributed by atoms with Crippen LogP contribution in [0.2, 0.25) is 5.02 Å². The third-order valence-corrected chi connectivity index (χ3v) is 6.28. The van der Waals surface area contributed by atoms with Gasteiger partial charge in [0.2, 0.25) is 0 Å². The highest BCUT2D eigenvalue weighted by Crippen LogP contribution is 2.27. The van der Waals surface area contributed by atoms with Gasteiger partial charge >= 0.3 is 0 Å². The molecule has 0 amide bonds. The molecule has 3 heterocycles. The molecule has 0 aliphatic carbocycles. The number of anilines is 1. The predicted octanol–water partition coefficient (Wildman–Crippen LogP) is 3.91. The quantitative estimate of drug-likeness (QED) is 0.764. The van der Waals surface area contributed by atoms with E-state index in [0.29, 0.717) is 17.6 Å². The summed E-state index contributed by atoms with van der Waals surface area (Å²) < 4.78 is 6.00. The standard InChI is InChI=1S/C23H27ClN4O/c1-17-15-28(22(16-29-17)12-18-2-4-20(24)5-3-18)21-7-10-27(11-8-21)23-13-19(14-25)6-9-26-23/h2-6,9,13,17,21-22H,7-8,10-12,15-16H2,1H3/t17-,22-/m0/s1. The van der Waals surface area contributed by atoms with Crippen molar-refractivity contribution in [2.75, 3.05) is 31.1 Å². The Labute approximate surface area is 177 Å². The van der Waals surface area contributed by atoms with Crippen molar-refractivity contribution >= 4 is 17.4 Å². The fourth-order valence-corrected chi connectivity index (χ4v) is 4.60. The number of aromatic nitrogens is 1. The van der Waals surface area contributed by atoms with Gasteiger partial charge in [0.15, 0.2) is 0 Å². The van der Waals surface area contributed by atoms with Gasteiger partial charge in [-0.25, -0.2) is 4.98 Å². The van der Waals surface area contributed by atoms with E-state index in [4.69, 9.17) is 21.6 Å². The summed E-state index contributed by atoms with van der Waals surface area (Å²) in [6, 6.07) is 15.0. The number of piperidine rings is 1. The van der Waals surface area contributed by atoms with E-state index >= 15 is 0 Å². The molecule has 1 aromatic carbocycles. The second-order valence-corrected chi connectivity index (χ2v) is 8.49. The van der Waals surface area contributed by atoms with Gasteiger partial charge in [0, 0.05) is 42.9 Å². The molecular weight excluding hydrogens is 384 g/mol. The summed E-state index contributed by atoms with van der Waals surface area (Å²) in [6.07, 6.45) is 5.18. The molecule has 0 N–H and O–H groups in total. The maximum atomic E-state index is 9.14. The Hall–Kier alpha value is -2.13. The van der Waals surface area contributed by atoms with E-state index in [0.717, 1.165) is 56.3 Å². The van der Waals surface area contributed by atoms with Crippen LogP contribution >= 0.6 is 11.6 Å². The number of hydrogen-bond acceptors (Lipinski definition) is 5. The lowest BCUT2D eigenvalue weighted by Crippen LogP contribution is -2.56. The number of morpholine rings is 1. The Balaban J connectivity index is 1.41. The summed E-state index contributed by atoms with van der Waals surface area (Å²) in [6.45, 7) is 5.84. The van der Waals surface area contributed by atoms with Crippen LogP contribution in [0.3, 0.4) is 0 Å². The average molecular weight is 411 g/mol. The molecule has 152 valence electrons. The van der Waals surface area contributed by atoms with Gasteiger partial charge < -0.3 is 9.64 Å². The lowest BCUT2D eigenvalue weighted by molar-refractivity contribution is -0.0745. The monoisotopic (exact) mass is 410 g/mol. The minimum absolute atomic E-state index is 0.267. The lowest BCUT2D eigenvalue weighted by atomic mass is 9.96. The van der Waals surface area contributed by atoms with E-state index in [1.807, 2.05) is 18.2 Å². The molecule has 2 aromatic rings. The highest BCUT2D eigenvalue weighted by atomic mass is 35.5. The van der Waals surface area contributed by atoms with E-state index in [-0.39, 0.29) is 6.10 Å². The molecular formula is C23H27ClN4O. The van der Waals surface area contributed by atoms with Crippen LogP contribution in [-0.4, -0.2) is 54.3 Å². The number of nitrogens with zero attached hydrogens (tertiary/aromatic N) is 4. The Morgan fingerprint density at radius 3 is 2.69 bits per heavy atom. The molecule has 0 bridgehead atoms. The van der Waals surface area contributed by atoms with Crippen LogP contribution in [0, 0.1) is 11.3 Å². The molecule has 0 saturated carbocycles. The highest BCUT2D eigenvalue weighted by molar-refractivity contribution is 6.30. The fraction of sp³-hybridized carbons (Fsp3) is 0.478. The fourth-order valence-electron chi connectivity index (χ4n) is 4.47. The number of hydrogen-bond donors (Lipinski definition) is 0. The molecule has 2 atom stereocenters. The second kappa shape index (κ2) is 9.13. The summed E-state index contributed by atoms with van der Waals surface area (Å²) in [5, 5.41) is 9.92. The summed E-state index contributed by atoms with van der Waals surface area (Å²) in [4.78, 5) is 9.44. The highest BCUT2D eigenvalue weighted by Gasteiger charge is 2.34. The van der Waals surface area contributed by atoms with Crippen molar-refractivity contribution < 1.29 is 4.74 Å². The van der Waals surface area contributed by atoms with E-state index in [9.17, 15) is 0 Å². The minimum atomic E-state index is 0.267. The SMILES string of the molecule is C[C@H]1CN(C2CCN(c3cc(C#N)ccn3)CC2)[C@@H](Cc2ccc(Cl)cc2)CO1. The Morgan fingerprint density at radius 1 is 1.21 bits per heavy atom. The first-order valence-electron chi connectivity index (χ1n) is 10.4. The molecule has 4 rings (SSSR count). The van der Waals surface area contributed by atoms with Crippen molar-refractivity contribution in [1.29, 1.82) is 5.26 Å². The molecule has 2 aliphatic rings. The van der Waals surface area contributed by atoms with Crippen LogP contribution in [0.5, 0.6) is 0 Å². The number of pyridine rings is 1. The first kappa shape index (κ1) is 20.2. The molecule has 0 radical (unpaired) electrons. The molecule has 2 aliphatic heterocycles. The van der Waals surface area contributed by atoms with Crippen molar-refractivity contribution in [2.45, 2.75) is 44.4 Å². The van der Waals surface area contributed by atoms with Crippen LogP contribution in [0.15, 0.2) is 42.6 Å². The van der Waals surface area contributed by atoms with Crippen molar-refractivity contribution in [3.8, 4) is 6.07 Å². The maximum absolute atomic E-state index is 9.14. The first-order chi connectivity index (χ1) is 14.1. The van der Waals surface area contributed by atoms with Crippen molar-refractivity contribution in [3.63, 3.8) is 0 Å². The Bertz CT molecular complexity index is 858. The van der Waals surface area contributed by atoms with Gasteiger partial charge in [0.25, 0.3) is 0 Å². The largest absolute Gasteiger partial charge is 0.376 e. The van der Waals surface area contributed by atoms with Crippen LogP contribution in [0.4, 0.5) is 5.82 Å². The average Bonchev–Trinajstić information content (AvgIpc) is 2.76. The predicted molar refractivity (Wildman–Crippen MR) is 115 cm³/mol. The number of ether oxygens (including phenoxy) is 1. The lowest BCUT2D eigenvalue weighted by Gasteiger charge is -2.46. The van der Waals surface area contributed by atoms with Crippen molar-refractivity contribution in [1.82, 2.24) is 9.88 Å². The Morgan fingerprint density at radius 2 is 1.97 bits per heavy atom.